The molecule has 3 rings (SSSR count). The number of hydrogen-bond donors (Lipinski definition) is 1. The number of nitrogens with zero attached hydrogens (tertiary/aromatic N) is 3. The maximum atomic E-state index is 11.6. The van der Waals surface area contributed by atoms with Gasteiger partial charge in [-0.05, 0) is 24.1 Å². The summed E-state index contributed by atoms with van der Waals surface area (Å²) in [4.78, 5) is 19.7. The van der Waals surface area contributed by atoms with Crippen LogP contribution in [0.5, 0.6) is 0 Å². The molecule has 1 aliphatic heterocycles. The number of benzene rings is 1. The summed E-state index contributed by atoms with van der Waals surface area (Å²) < 4.78 is 1.57. The van der Waals surface area contributed by atoms with Crippen LogP contribution in [0.3, 0.4) is 0 Å². The Hall–Kier alpha value is -2.43. The number of fused-ring (bicyclic) bond motifs is 1. The second-order valence-corrected chi connectivity index (χ2v) is 4.56. The van der Waals surface area contributed by atoms with Gasteiger partial charge in [0.15, 0.2) is 0 Å². The lowest BCUT2D eigenvalue weighted by molar-refractivity contribution is 0.596. The van der Waals surface area contributed by atoms with E-state index in [9.17, 15) is 4.79 Å². The molecule has 0 saturated heterocycles. The van der Waals surface area contributed by atoms with Crippen molar-refractivity contribution in [1.82, 2.24) is 9.55 Å². The molecule has 1 unspecified atom stereocenters. The first-order valence-electron chi connectivity index (χ1n) is 6.20. The van der Waals surface area contributed by atoms with Gasteiger partial charge in [0.2, 0.25) is 0 Å². The highest BCUT2D eigenvalue weighted by Crippen LogP contribution is 2.33. The fraction of sp³-hybridized carbons (Fsp3) is 0.214. The van der Waals surface area contributed by atoms with Crippen molar-refractivity contribution in [1.29, 1.82) is 0 Å². The molecule has 0 amide bonds. The van der Waals surface area contributed by atoms with Gasteiger partial charge in [0.05, 0.1) is 5.69 Å². The smallest absolute Gasteiger partial charge is 0.349 e. The summed E-state index contributed by atoms with van der Waals surface area (Å²) in [6.45, 7) is 0.608. The average molecular weight is 254 g/mol. The van der Waals surface area contributed by atoms with Gasteiger partial charge in [0.25, 0.3) is 0 Å². The van der Waals surface area contributed by atoms with E-state index in [1.807, 2.05) is 24.4 Å². The summed E-state index contributed by atoms with van der Waals surface area (Å²) in [5, 5.41) is 0. The first-order chi connectivity index (χ1) is 9.24. The number of para-hydroxylation sites is 1. The van der Waals surface area contributed by atoms with Gasteiger partial charge < -0.3 is 5.73 Å². The van der Waals surface area contributed by atoms with E-state index in [1.54, 1.807) is 16.8 Å². The van der Waals surface area contributed by atoms with Crippen LogP contribution in [0.4, 0.5) is 11.5 Å². The number of hydrogen-bond acceptors (Lipinski definition) is 4. The normalized spacial score (nSPS) is 16.5. The Labute approximate surface area is 110 Å². The van der Waals surface area contributed by atoms with Crippen LogP contribution >= 0.6 is 0 Å². The molecule has 5 heteroatoms. The molecule has 19 heavy (non-hydrogen) atoms. The van der Waals surface area contributed by atoms with E-state index in [1.165, 1.54) is 5.56 Å². The highest BCUT2D eigenvalue weighted by molar-refractivity contribution is 5.80. The zero-order valence-corrected chi connectivity index (χ0v) is 10.4. The molecule has 1 aromatic heterocycles. The molecule has 5 nitrogen and oxygen atoms in total. The van der Waals surface area contributed by atoms with E-state index >= 15 is 0 Å². The van der Waals surface area contributed by atoms with E-state index < -0.39 is 0 Å². The molecule has 96 valence electrons. The standard InChI is InChI=1S/C14H14N4O/c15-13-6-8-18(14(19)17-13)7-5-10-9-16-12-4-2-1-3-11(10)12/h1-4,6,8-10H,5,7H2,(H2,15,17,19). The largest absolute Gasteiger partial charge is 0.383 e. The number of nitrogen functional groups attached to an aromatic ring is 1. The molecule has 2 N–H and O–H groups in total. The van der Waals surface area contributed by atoms with E-state index in [0.29, 0.717) is 6.54 Å². The zero-order valence-electron chi connectivity index (χ0n) is 10.4. The van der Waals surface area contributed by atoms with Crippen LogP contribution in [0.1, 0.15) is 17.9 Å². The Balaban J connectivity index is 1.74. The highest BCUT2D eigenvalue weighted by atomic mass is 16.1. The summed E-state index contributed by atoms with van der Waals surface area (Å²) in [5.74, 6) is 0.523. The summed E-state index contributed by atoms with van der Waals surface area (Å²) in [5.41, 5.74) is 7.41. The maximum absolute atomic E-state index is 11.6. The third kappa shape index (κ3) is 2.27. The fourth-order valence-corrected chi connectivity index (χ4v) is 2.29. The van der Waals surface area contributed by atoms with Crippen LogP contribution in [0.2, 0.25) is 0 Å². The van der Waals surface area contributed by atoms with E-state index in [-0.39, 0.29) is 17.4 Å². The minimum Gasteiger partial charge on any atom is -0.383 e. The van der Waals surface area contributed by atoms with Crippen molar-refractivity contribution < 1.29 is 0 Å². The molecule has 0 radical (unpaired) electrons. The predicted molar refractivity (Wildman–Crippen MR) is 74.9 cm³/mol. The monoisotopic (exact) mass is 254 g/mol. The first kappa shape index (κ1) is 11.6. The fourth-order valence-electron chi connectivity index (χ4n) is 2.29. The van der Waals surface area contributed by atoms with Gasteiger partial charge >= 0.3 is 5.69 Å². The van der Waals surface area contributed by atoms with Crippen molar-refractivity contribution in [2.24, 2.45) is 4.99 Å². The lowest BCUT2D eigenvalue weighted by atomic mass is 9.98. The van der Waals surface area contributed by atoms with Crippen molar-refractivity contribution in [2.45, 2.75) is 18.9 Å². The Kier molecular flexibility index (Phi) is 2.87. The predicted octanol–water partition coefficient (Wildman–Crippen LogP) is 1.72. The molecular weight excluding hydrogens is 240 g/mol. The van der Waals surface area contributed by atoms with Gasteiger partial charge in [-0.3, -0.25) is 9.56 Å². The number of aromatic nitrogens is 2. The van der Waals surface area contributed by atoms with Crippen LogP contribution in [-0.4, -0.2) is 15.8 Å². The topological polar surface area (TPSA) is 73.3 Å². The highest BCUT2D eigenvalue weighted by Gasteiger charge is 2.17. The number of rotatable bonds is 3. The Morgan fingerprint density at radius 3 is 2.95 bits per heavy atom. The quantitative estimate of drug-likeness (QED) is 0.906. The van der Waals surface area contributed by atoms with E-state index in [0.717, 1.165) is 12.1 Å². The molecule has 0 spiro atoms. The maximum Gasteiger partial charge on any atom is 0.349 e. The van der Waals surface area contributed by atoms with Gasteiger partial charge in [-0.25, -0.2) is 4.79 Å². The van der Waals surface area contributed by atoms with E-state index in [4.69, 9.17) is 5.73 Å². The Morgan fingerprint density at radius 1 is 1.26 bits per heavy atom. The molecule has 1 aromatic carbocycles. The molecule has 0 aliphatic carbocycles. The summed E-state index contributed by atoms with van der Waals surface area (Å²) >= 11 is 0. The van der Waals surface area contributed by atoms with Crippen LogP contribution in [0.25, 0.3) is 0 Å². The zero-order chi connectivity index (χ0) is 13.2. The van der Waals surface area contributed by atoms with Crippen LogP contribution < -0.4 is 11.4 Å². The number of anilines is 1. The van der Waals surface area contributed by atoms with Gasteiger partial charge in [0.1, 0.15) is 5.82 Å². The number of aryl methyl sites for hydroxylation is 1. The van der Waals surface area contributed by atoms with Crippen LogP contribution in [0, 0.1) is 0 Å². The molecule has 0 fully saturated rings. The molecular formula is C14H14N4O. The van der Waals surface area contributed by atoms with Crippen molar-refractivity contribution in [3.05, 3.63) is 52.6 Å². The molecule has 2 aromatic rings. The summed E-state index contributed by atoms with van der Waals surface area (Å²) in [6, 6.07) is 9.71. The first-order valence-corrected chi connectivity index (χ1v) is 6.20. The SMILES string of the molecule is Nc1ccn(CCC2C=Nc3ccccc32)c(=O)n1. The third-order valence-corrected chi connectivity index (χ3v) is 3.31. The van der Waals surface area contributed by atoms with Gasteiger partial charge in [-0.1, -0.05) is 18.2 Å². The molecule has 0 saturated carbocycles. The van der Waals surface area contributed by atoms with Gasteiger partial charge in [0, 0.05) is 24.9 Å². The molecule has 1 atom stereocenters. The van der Waals surface area contributed by atoms with Crippen LogP contribution in [-0.2, 0) is 6.54 Å². The summed E-state index contributed by atoms with van der Waals surface area (Å²) in [7, 11) is 0. The van der Waals surface area contributed by atoms with Crippen LogP contribution in [0.15, 0.2) is 46.3 Å². The lowest BCUT2D eigenvalue weighted by Crippen LogP contribution is -2.23. The van der Waals surface area contributed by atoms with Gasteiger partial charge in [-0.15, -0.1) is 0 Å². The Morgan fingerprint density at radius 2 is 2.11 bits per heavy atom. The summed E-state index contributed by atoms with van der Waals surface area (Å²) in [6.07, 6.45) is 4.45. The third-order valence-electron chi connectivity index (χ3n) is 3.31. The molecule has 1 aliphatic rings. The van der Waals surface area contributed by atoms with Gasteiger partial charge in [-0.2, -0.15) is 4.98 Å². The molecule has 2 heterocycles. The van der Waals surface area contributed by atoms with Crippen molar-refractivity contribution in [3.8, 4) is 0 Å². The van der Waals surface area contributed by atoms with Crippen molar-refractivity contribution >= 4 is 17.7 Å². The second-order valence-electron chi connectivity index (χ2n) is 4.56. The number of nitrogens with two attached hydrogens (primary N) is 1. The van der Waals surface area contributed by atoms with Crippen molar-refractivity contribution in [2.75, 3.05) is 5.73 Å². The van der Waals surface area contributed by atoms with Crippen molar-refractivity contribution in [3.63, 3.8) is 0 Å². The number of aliphatic imine (C=N–C) groups is 1. The minimum atomic E-state index is -0.303. The lowest BCUT2D eigenvalue weighted by Gasteiger charge is -2.10. The Bertz CT molecular complexity index is 690. The van der Waals surface area contributed by atoms with E-state index in [2.05, 4.69) is 16.0 Å². The average Bonchev–Trinajstić information content (AvgIpc) is 2.81. The second kappa shape index (κ2) is 4.68. The molecule has 0 bridgehead atoms. The minimum absolute atomic E-state index is 0.258.